The van der Waals surface area contributed by atoms with Gasteiger partial charge in [0.05, 0.1) is 18.1 Å². The van der Waals surface area contributed by atoms with Gasteiger partial charge in [0, 0.05) is 38.3 Å². The number of amides is 2. The van der Waals surface area contributed by atoms with E-state index in [1.165, 1.54) is 16.9 Å². The Balaban J connectivity index is 1.22. The summed E-state index contributed by atoms with van der Waals surface area (Å²) in [7, 11) is 0. The van der Waals surface area contributed by atoms with E-state index in [-0.39, 0.29) is 11.8 Å². The van der Waals surface area contributed by atoms with Crippen LogP contribution >= 0.6 is 11.3 Å². The number of morpholine rings is 1. The Hall–Kier alpha value is -3.00. The molecule has 3 aromatic rings. The van der Waals surface area contributed by atoms with Crippen molar-refractivity contribution in [2.75, 3.05) is 26.3 Å². The molecule has 1 aromatic heterocycles. The van der Waals surface area contributed by atoms with Gasteiger partial charge in [-0.3, -0.25) is 14.5 Å². The van der Waals surface area contributed by atoms with Crippen LogP contribution in [-0.2, 0) is 24.4 Å². The molecule has 7 heteroatoms. The van der Waals surface area contributed by atoms with Crippen LogP contribution in [0.1, 0.15) is 36.7 Å². The van der Waals surface area contributed by atoms with Crippen LogP contribution in [-0.4, -0.2) is 43.0 Å². The standard InChI is InChI=1S/C25H27N3O3S/c29-24(22-9-7-20(8-10-22)17-27-25(30)23-2-1-15-32-23)26-16-19-3-5-21(6-4-19)18-28-11-13-31-14-12-28/h1-10,15H,11-14,16-18H2,(H,26,29)(H,27,30). The van der Waals surface area contributed by atoms with Gasteiger partial charge in [-0.15, -0.1) is 11.3 Å². The Kier molecular flexibility index (Phi) is 7.66. The van der Waals surface area contributed by atoms with Gasteiger partial charge in [0.2, 0.25) is 0 Å². The molecule has 1 aliphatic heterocycles. The number of carbonyl (C=O) groups is 2. The maximum absolute atomic E-state index is 12.5. The maximum atomic E-state index is 12.5. The van der Waals surface area contributed by atoms with E-state index in [4.69, 9.17) is 4.74 Å². The minimum Gasteiger partial charge on any atom is -0.379 e. The molecule has 0 saturated carbocycles. The third-order valence-corrected chi connectivity index (χ3v) is 6.27. The molecule has 0 unspecified atom stereocenters. The summed E-state index contributed by atoms with van der Waals surface area (Å²) in [5.41, 5.74) is 3.88. The predicted octanol–water partition coefficient (Wildman–Crippen LogP) is 3.44. The molecule has 2 aromatic carbocycles. The van der Waals surface area contributed by atoms with Crippen molar-refractivity contribution in [2.45, 2.75) is 19.6 Å². The second-order valence-corrected chi connectivity index (χ2v) is 8.69. The quantitative estimate of drug-likeness (QED) is 0.553. The van der Waals surface area contributed by atoms with E-state index in [9.17, 15) is 9.59 Å². The van der Waals surface area contributed by atoms with Crippen molar-refractivity contribution in [1.29, 1.82) is 0 Å². The van der Waals surface area contributed by atoms with Crippen LogP contribution in [0.3, 0.4) is 0 Å². The molecule has 0 spiro atoms. The van der Waals surface area contributed by atoms with Crippen LogP contribution in [0.4, 0.5) is 0 Å². The third kappa shape index (κ3) is 6.26. The number of benzene rings is 2. The van der Waals surface area contributed by atoms with E-state index in [2.05, 4.69) is 39.8 Å². The highest BCUT2D eigenvalue weighted by atomic mass is 32.1. The molecule has 32 heavy (non-hydrogen) atoms. The molecular weight excluding hydrogens is 422 g/mol. The van der Waals surface area contributed by atoms with E-state index < -0.39 is 0 Å². The first-order chi connectivity index (χ1) is 15.7. The second-order valence-electron chi connectivity index (χ2n) is 7.74. The van der Waals surface area contributed by atoms with Crippen molar-refractivity contribution in [1.82, 2.24) is 15.5 Å². The Bertz CT molecular complexity index is 1010. The topological polar surface area (TPSA) is 70.7 Å². The molecule has 1 saturated heterocycles. The van der Waals surface area contributed by atoms with Crippen LogP contribution < -0.4 is 10.6 Å². The van der Waals surface area contributed by atoms with E-state index in [1.54, 1.807) is 18.2 Å². The van der Waals surface area contributed by atoms with E-state index >= 15 is 0 Å². The molecule has 4 rings (SSSR count). The number of ether oxygens (including phenoxy) is 1. The molecular formula is C25H27N3O3S. The molecule has 2 N–H and O–H groups in total. The largest absolute Gasteiger partial charge is 0.379 e. The highest BCUT2D eigenvalue weighted by Crippen LogP contribution is 2.11. The molecule has 0 atom stereocenters. The number of nitrogens with zero attached hydrogens (tertiary/aromatic N) is 1. The van der Waals surface area contributed by atoms with Crippen molar-refractivity contribution < 1.29 is 14.3 Å². The van der Waals surface area contributed by atoms with Gasteiger partial charge in [-0.25, -0.2) is 0 Å². The van der Waals surface area contributed by atoms with Gasteiger partial charge in [-0.1, -0.05) is 42.5 Å². The highest BCUT2D eigenvalue weighted by Gasteiger charge is 2.11. The minimum absolute atomic E-state index is 0.0854. The van der Waals surface area contributed by atoms with Gasteiger partial charge in [0.15, 0.2) is 0 Å². The average molecular weight is 450 g/mol. The first-order valence-corrected chi connectivity index (χ1v) is 11.6. The van der Waals surface area contributed by atoms with Crippen molar-refractivity contribution in [3.63, 3.8) is 0 Å². The van der Waals surface area contributed by atoms with Crippen molar-refractivity contribution in [3.8, 4) is 0 Å². The average Bonchev–Trinajstić information content (AvgIpc) is 3.38. The smallest absolute Gasteiger partial charge is 0.261 e. The second kappa shape index (κ2) is 11.0. The normalized spacial score (nSPS) is 14.1. The Morgan fingerprint density at radius 1 is 0.812 bits per heavy atom. The lowest BCUT2D eigenvalue weighted by Crippen LogP contribution is -2.35. The fourth-order valence-electron chi connectivity index (χ4n) is 3.52. The molecule has 166 valence electrons. The lowest BCUT2D eigenvalue weighted by atomic mass is 10.1. The first-order valence-electron chi connectivity index (χ1n) is 10.7. The number of rotatable bonds is 8. The summed E-state index contributed by atoms with van der Waals surface area (Å²) in [5.74, 6) is -0.200. The summed E-state index contributed by atoms with van der Waals surface area (Å²) in [6.07, 6.45) is 0. The van der Waals surface area contributed by atoms with E-state index in [1.807, 2.05) is 23.6 Å². The maximum Gasteiger partial charge on any atom is 0.261 e. The molecule has 0 bridgehead atoms. The molecule has 0 aliphatic carbocycles. The Labute approximate surface area is 192 Å². The van der Waals surface area contributed by atoms with Gasteiger partial charge in [-0.05, 0) is 40.3 Å². The zero-order chi connectivity index (χ0) is 22.2. The molecule has 1 aliphatic rings. The van der Waals surface area contributed by atoms with Gasteiger partial charge < -0.3 is 15.4 Å². The van der Waals surface area contributed by atoms with E-state index in [0.717, 1.165) is 44.0 Å². The minimum atomic E-state index is -0.114. The predicted molar refractivity (Wildman–Crippen MR) is 126 cm³/mol. The first kappa shape index (κ1) is 22.2. The Morgan fingerprint density at radius 3 is 2.03 bits per heavy atom. The number of carbonyl (C=O) groups excluding carboxylic acids is 2. The summed E-state index contributed by atoms with van der Waals surface area (Å²) < 4.78 is 5.39. The van der Waals surface area contributed by atoms with Crippen LogP contribution in [0.15, 0.2) is 66.0 Å². The van der Waals surface area contributed by atoms with Gasteiger partial charge in [-0.2, -0.15) is 0 Å². The molecule has 0 radical (unpaired) electrons. The van der Waals surface area contributed by atoms with Gasteiger partial charge in [0.25, 0.3) is 11.8 Å². The molecule has 2 amide bonds. The third-order valence-electron chi connectivity index (χ3n) is 5.40. The monoisotopic (exact) mass is 449 g/mol. The summed E-state index contributed by atoms with van der Waals surface area (Å²) in [5, 5.41) is 7.74. The SMILES string of the molecule is O=C(NCc1ccc(CN2CCOCC2)cc1)c1ccc(CNC(=O)c2cccs2)cc1. The van der Waals surface area contributed by atoms with Gasteiger partial charge >= 0.3 is 0 Å². The van der Waals surface area contributed by atoms with Gasteiger partial charge in [0.1, 0.15) is 0 Å². The van der Waals surface area contributed by atoms with Crippen molar-refractivity contribution in [2.24, 2.45) is 0 Å². The summed E-state index contributed by atoms with van der Waals surface area (Å²) in [6, 6.07) is 19.3. The summed E-state index contributed by atoms with van der Waals surface area (Å²) in [4.78, 5) is 27.6. The lowest BCUT2D eigenvalue weighted by Gasteiger charge is -2.26. The molecule has 1 fully saturated rings. The zero-order valence-corrected chi connectivity index (χ0v) is 18.7. The Morgan fingerprint density at radius 2 is 1.41 bits per heavy atom. The van der Waals surface area contributed by atoms with Crippen LogP contribution in [0.25, 0.3) is 0 Å². The fourth-order valence-corrected chi connectivity index (χ4v) is 4.16. The van der Waals surface area contributed by atoms with Crippen LogP contribution in [0.2, 0.25) is 0 Å². The number of hydrogen-bond acceptors (Lipinski definition) is 5. The number of thiophene rings is 1. The molecule has 6 nitrogen and oxygen atoms in total. The summed E-state index contributed by atoms with van der Waals surface area (Å²) in [6.45, 7) is 5.37. The number of hydrogen-bond donors (Lipinski definition) is 2. The zero-order valence-electron chi connectivity index (χ0n) is 17.9. The van der Waals surface area contributed by atoms with Crippen LogP contribution in [0.5, 0.6) is 0 Å². The fraction of sp³-hybridized carbons (Fsp3) is 0.280. The summed E-state index contributed by atoms with van der Waals surface area (Å²) >= 11 is 1.41. The highest BCUT2D eigenvalue weighted by molar-refractivity contribution is 7.12. The van der Waals surface area contributed by atoms with Crippen LogP contribution in [0, 0.1) is 0 Å². The van der Waals surface area contributed by atoms with Crippen molar-refractivity contribution in [3.05, 3.63) is 93.2 Å². The molecule has 2 heterocycles. The van der Waals surface area contributed by atoms with Crippen molar-refractivity contribution >= 4 is 23.2 Å². The van der Waals surface area contributed by atoms with E-state index in [0.29, 0.717) is 23.5 Å². The lowest BCUT2D eigenvalue weighted by molar-refractivity contribution is 0.0342. The number of nitrogens with one attached hydrogen (secondary N) is 2.